The molecule has 4 nitrogen and oxygen atoms in total. The number of hydrogen-bond donors (Lipinski definition) is 2. The molecule has 152 valence electrons. The predicted octanol–water partition coefficient (Wildman–Crippen LogP) is 5.72. The summed E-state index contributed by atoms with van der Waals surface area (Å²) in [6.45, 7) is 4.92. The Balaban J connectivity index is 1.93. The van der Waals surface area contributed by atoms with E-state index in [1.807, 2.05) is 36.4 Å². The van der Waals surface area contributed by atoms with Crippen molar-refractivity contribution in [3.63, 3.8) is 0 Å². The maximum atomic E-state index is 10.8. The lowest BCUT2D eigenvalue weighted by Gasteiger charge is -2.27. The molecule has 28 heavy (non-hydrogen) atoms. The highest BCUT2D eigenvalue weighted by Crippen LogP contribution is 2.29. The van der Waals surface area contributed by atoms with Crippen molar-refractivity contribution >= 4 is 12.0 Å². The van der Waals surface area contributed by atoms with Crippen LogP contribution < -0.4 is 10.1 Å². The van der Waals surface area contributed by atoms with Gasteiger partial charge in [-0.05, 0) is 37.6 Å². The van der Waals surface area contributed by atoms with E-state index >= 15 is 0 Å². The van der Waals surface area contributed by atoms with Crippen LogP contribution >= 0.6 is 0 Å². The number of ether oxygens (including phenoxy) is 1. The van der Waals surface area contributed by atoms with Crippen molar-refractivity contribution in [2.45, 2.75) is 65.0 Å². The van der Waals surface area contributed by atoms with Gasteiger partial charge in [-0.2, -0.15) is 0 Å². The number of benzene rings is 1. The summed E-state index contributed by atoms with van der Waals surface area (Å²) < 4.78 is 6.15. The Hall–Kier alpha value is -2.33. The summed E-state index contributed by atoms with van der Waals surface area (Å²) >= 11 is 0. The van der Waals surface area contributed by atoms with E-state index in [1.54, 1.807) is 6.92 Å². The molecule has 4 heteroatoms. The van der Waals surface area contributed by atoms with Crippen molar-refractivity contribution in [2.75, 3.05) is 6.54 Å². The first-order valence-electron chi connectivity index (χ1n) is 10.4. The minimum absolute atomic E-state index is 0.219. The van der Waals surface area contributed by atoms with E-state index in [0.29, 0.717) is 5.57 Å². The Morgan fingerprint density at radius 1 is 1.14 bits per heavy atom. The van der Waals surface area contributed by atoms with Crippen LogP contribution in [0.5, 0.6) is 5.75 Å². The largest absolute Gasteiger partial charge is 0.478 e. The number of rotatable bonds is 12. The second kappa shape index (κ2) is 12.2. The minimum Gasteiger partial charge on any atom is -0.478 e. The Bertz CT molecular complexity index is 718. The maximum absolute atomic E-state index is 10.8. The van der Waals surface area contributed by atoms with Crippen molar-refractivity contribution < 1.29 is 14.6 Å². The maximum Gasteiger partial charge on any atom is 0.328 e. The molecular weight excluding hydrogens is 350 g/mol. The summed E-state index contributed by atoms with van der Waals surface area (Å²) in [7, 11) is 0. The van der Waals surface area contributed by atoms with Gasteiger partial charge in [-0.1, -0.05) is 75.8 Å². The zero-order chi connectivity index (χ0) is 20.2. The van der Waals surface area contributed by atoms with E-state index in [2.05, 4.69) is 18.3 Å². The molecule has 0 aromatic heterocycles. The molecule has 0 radical (unpaired) electrons. The van der Waals surface area contributed by atoms with Gasteiger partial charge in [0.05, 0.1) is 0 Å². The monoisotopic (exact) mass is 383 g/mol. The summed E-state index contributed by atoms with van der Waals surface area (Å²) in [4.78, 5) is 10.8. The number of carbonyl (C=O) groups is 1. The standard InChI is InChI=1S/C24H33NO3/c1-3-4-5-6-7-8-11-16-25-24-21(15-14-19(2)17-23(26)27)18-20-12-9-10-13-22(20)28-24/h9-10,12-15,17-18,24-25H,3-8,11,16H2,1-2H3,(H,26,27). The van der Waals surface area contributed by atoms with E-state index in [9.17, 15) is 4.79 Å². The Kier molecular flexibility index (Phi) is 9.56. The first kappa shape index (κ1) is 22.0. The first-order chi connectivity index (χ1) is 13.6. The molecular formula is C24H33NO3. The fourth-order valence-electron chi connectivity index (χ4n) is 3.24. The molecule has 0 saturated heterocycles. The second-order valence-electron chi connectivity index (χ2n) is 7.32. The molecule has 1 unspecified atom stereocenters. The quantitative estimate of drug-likeness (QED) is 0.275. The van der Waals surface area contributed by atoms with Gasteiger partial charge in [0.1, 0.15) is 5.75 Å². The summed E-state index contributed by atoms with van der Waals surface area (Å²) in [6.07, 6.45) is 15.8. The highest BCUT2D eigenvalue weighted by atomic mass is 16.5. The lowest BCUT2D eigenvalue weighted by molar-refractivity contribution is -0.131. The van der Waals surface area contributed by atoms with Crippen LogP contribution in [-0.4, -0.2) is 23.8 Å². The first-order valence-corrected chi connectivity index (χ1v) is 10.4. The molecule has 1 aliphatic rings. The van der Waals surface area contributed by atoms with E-state index in [0.717, 1.165) is 29.9 Å². The van der Waals surface area contributed by atoms with Gasteiger partial charge in [-0.3, -0.25) is 5.32 Å². The van der Waals surface area contributed by atoms with Crippen molar-refractivity contribution in [1.82, 2.24) is 5.32 Å². The number of fused-ring (bicyclic) bond motifs is 1. The molecule has 2 N–H and O–H groups in total. The van der Waals surface area contributed by atoms with Crippen LogP contribution in [0.1, 0.15) is 64.4 Å². The third-order valence-corrected chi connectivity index (χ3v) is 4.79. The SMILES string of the molecule is CCCCCCCCCNC1Oc2ccccc2C=C1C=CC(C)=CC(=O)O. The van der Waals surface area contributed by atoms with Crippen LogP contribution in [0.25, 0.3) is 6.08 Å². The molecule has 1 aromatic carbocycles. The number of nitrogens with one attached hydrogen (secondary N) is 1. The molecule has 1 atom stereocenters. The van der Waals surface area contributed by atoms with Gasteiger partial charge in [0.15, 0.2) is 6.23 Å². The highest BCUT2D eigenvalue weighted by Gasteiger charge is 2.20. The average molecular weight is 384 g/mol. The van der Waals surface area contributed by atoms with Crippen LogP contribution in [0.15, 0.2) is 53.6 Å². The third-order valence-electron chi connectivity index (χ3n) is 4.79. The van der Waals surface area contributed by atoms with Crippen LogP contribution in [0.4, 0.5) is 0 Å². The van der Waals surface area contributed by atoms with E-state index < -0.39 is 5.97 Å². The third kappa shape index (κ3) is 7.73. The van der Waals surface area contributed by atoms with Crippen LogP contribution in [0, 0.1) is 0 Å². The van der Waals surface area contributed by atoms with Crippen molar-refractivity contribution in [3.05, 3.63) is 59.2 Å². The Morgan fingerprint density at radius 3 is 2.61 bits per heavy atom. The lowest BCUT2D eigenvalue weighted by atomic mass is 10.0. The second-order valence-corrected chi connectivity index (χ2v) is 7.32. The van der Waals surface area contributed by atoms with Crippen molar-refractivity contribution in [2.24, 2.45) is 0 Å². The molecule has 0 spiro atoms. The number of carboxylic acid groups (broad SMARTS) is 1. The highest BCUT2D eigenvalue weighted by molar-refractivity contribution is 5.81. The number of allylic oxidation sites excluding steroid dienone is 2. The van der Waals surface area contributed by atoms with Crippen LogP contribution in [0.2, 0.25) is 0 Å². The normalized spacial score (nSPS) is 16.6. The molecule has 2 rings (SSSR count). The van der Waals surface area contributed by atoms with Crippen molar-refractivity contribution in [1.29, 1.82) is 0 Å². The number of hydrogen-bond acceptors (Lipinski definition) is 3. The van der Waals surface area contributed by atoms with E-state index in [1.165, 1.54) is 44.6 Å². The summed E-state index contributed by atoms with van der Waals surface area (Å²) in [6, 6.07) is 7.96. The predicted molar refractivity (Wildman–Crippen MR) is 115 cm³/mol. The number of para-hydroxylation sites is 1. The van der Waals surface area contributed by atoms with E-state index in [4.69, 9.17) is 9.84 Å². The van der Waals surface area contributed by atoms with Crippen LogP contribution in [-0.2, 0) is 4.79 Å². The van der Waals surface area contributed by atoms with Gasteiger partial charge in [-0.15, -0.1) is 0 Å². The number of aliphatic carboxylic acids is 1. The fraction of sp³-hybridized carbons (Fsp3) is 0.458. The smallest absolute Gasteiger partial charge is 0.328 e. The Labute approximate surface area is 169 Å². The van der Waals surface area contributed by atoms with Crippen molar-refractivity contribution in [3.8, 4) is 5.75 Å². The van der Waals surface area contributed by atoms with Gasteiger partial charge >= 0.3 is 5.97 Å². The molecule has 1 aromatic rings. The molecule has 0 fully saturated rings. The fourth-order valence-corrected chi connectivity index (χ4v) is 3.24. The summed E-state index contributed by atoms with van der Waals surface area (Å²) in [5.74, 6) is -0.0653. The van der Waals surface area contributed by atoms with Gasteiger partial charge in [0.2, 0.25) is 0 Å². The van der Waals surface area contributed by atoms with Crippen LogP contribution in [0.3, 0.4) is 0 Å². The Morgan fingerprint density at radius 2 is 1.86 bits per heavy atom. The number of unbranched alkanes of at least 4 members (excludes halogenated alkanes) is 6. The average Bonchev–Trinajstić information content (AvgIpc) is 2.67. The van der Waals surface area contributed by atoms with Gasteiger partial charge in [-0.25, -0.2) is 4.79 Å². The molecule has 1 heterocycles. The molecule has 0 amide bonds. The van der Waals surface area contributed by atoms with E-state index in [-0.39, 0.29) is 6.23 Å². The topological polar surface area (TPSA) is 58.6 Å². The zero-order valence-electron chi connectivity index (χ0n) is 17.1. The van der Waals surface area contributed by atoms with Gasteiger partial charge in [0, 0.05) is 17.2 Å². The van der Waals surface area contributed by atoms with Gasteiger partial charge in [0.25, 0.3) is 0 Å². The molecule has 0 aliphatic carbocycles. The van der Waals surface area contributed by atoms with Gasteiger partial charge < -0.3 is 9.84 Å². The summed E-state index contributed by atoms with van der Waals surface area (Å²) in [5.41, 5.74) is 2.73. The number of carboxylic acids is 1. The zero-order valence-corrected chi connectivity index (χ0v) is 17.1. The molecule has 0 saturated carbocycles. The minimum atomic E-state index is -0.935. The molecule has 1 aliphatic heterocycles. The lowest BCUT2D eigenvalue weighted by Crippen LogP contribution is -2.38. The summed E-state index contributed by atoms with van der Waals surface area (Å²) in [5, 5.41) is 12.4. The molecule has 0 bridgehead atoms.